The molecule has 0 aromatic carbocycles. The largest absolute Gasteiger partial charge is 0.326 e. The molecule has 2 atom stereocenters. The fourth-order valence-corrected chi connectivity index (χ4v) is 3.88. The molecule has 0 amide bonds. The van der Waals surface area contributed by atoms with E-state index in [4.69, 9.17) is 5.73 Å². The van der Waals surface area contributed by atoms with Crippen LogP contribution in [0.3, 0.4) is 0 Å². The third-order valence-electron chi connectivity index (χ3n) is 2.92. The number of thioether (sulfide) groups is 1. The summed E-state index contributed by atoms with van der Waals surface area (Å²) < 4.78 is 0.542. The molecule has 1 nitrogen and oxygen atoms in total. The summed E-state index contributed by atoms with van der Waals surface area (Å²) in [6.07, 6.45) is 6.82. The second-order valence-electron chi connectivity index (χ2n) is 3.52. The van der Waals surface area contributed by atoms with Gasteiger partial charge < -0.3 is 5.73 Å². The van der Waals surface area contributed by atoms with Gasteiger partial charge in [0, 0.05) is 10.8 Å². The van der Waals surface area contributed by atoms with Crippen LogP contribution in [0.4, 0.5) is 0 Å². The summed E-state index contributed by atoms with van der Waals surface area (Å²) in [5, 5.41) is 0. The van der Waals surface area contributed by atoms with Crippen molar-refractivity contribution in [3.05, 3.63) is 0 Å². The van der Waals surface area contributed by atoms with Crippen molar-refractivity contribution in [3.8, 4) is 0 Å². The van der Waals surface area contributed by atoms with Gasteiger partial charge >= 0.3 is 0 Å². The van der Waals surface area contributed by atoms with Crippen molar-refractivity contribution in [1.29, 1.82) is 0 Å². The van der Waals surface area contributed by atoms with Gasteiger partial charge in [0.15, 0.2) is 0 Å². The lowest BCUT2D eigenvalue weighted by molar-refractivity contribution is 0.513. The number of hydrogen-bond acceptors (Lipinski definition) is 2. The molecule has 58 valence electrons. The fraction of sp³-hybridized carbons (Fsp3) is 1.00. The Balaban J connectivity index is 2.11. The van der Waals surface area contributed by atoms with E-state index >= 15 is 0 Å². The van der Waals surface area contributed by atoms with Crippen LogP contribution in [0.5, 0.6) is 0 Å². The van der Waals surface area contributed by atoms with E-state index in [2.05, 4.69) is 11.8 Å². The van der Waals surface area contributed by atoms with Gasteiger partial charge in [0.05, 0.1) is 0 Å². The third-order valence-corrected chi connectivity index (χ3v) is 4.70. The molecule has 0 bridgehead atoms. The van der Waals surface area contributed by atoms with Gasteiger partial charge in [0.1, 0.15) is 0 Å². The molecule has 2 heteroatoms. The van der Waals surface area contributed by atoms with Gasteiger partial charge in [-0.05, 0) is 31.4 Å². The van der Waals surface area contributed by atoms with Gasteiger partial charge in [-0.3, -0.25) is 0 Å². The first-order valence-corrected chi connectivity index (χ1v) is 5.22. The van der Waals surface area contributed by atoms with Crippen molar-refractivity contribution >= 4 is 11.8 Å². The first-order chi connectivity index (χ1) is 4.83. The number of nitrogens with two attached hydrogens (primary N) is 1. The first-order valence-electron chi connectivity index (χ1n) is 4.23. The highest BCUT2D eigenvalue weighted by molar-refractivity contribution is 8.01. The van der Waals surface area contributed by atoms with Crippen LogP contribution < -0.4 is 5.73 Å². The first kappa shape index (κ1) is 6.99. The zero-order valence-electron chi connectivity index (χ0n) is 6.31. The van der Waals surface area contributed by atoms with Gasteiger partial charge in [-0.25, -0.2) is 0 Å². The van der Waals surface area contributed by atoms with E-state index in [1.165, 1.54) is 37.9 Å². The molecule has 2 aliphatic rings. The molecule has 2 fully saturated rings. The summed E-state index contributed by atoms with van der Waals surface area (Å²) in [5.41, 5.74) is 6.05. The van der Waals surface area contributed by atoms with E-state index in [9.17, 15) is 0 Å². The standard InChI is InChI=1S/C8H15NS/c9-7-3-1-4-8(7)5-2-6-10-8/h7H,1-6,9H2. The molecule has 1 aliphatic carbocycles. The van der Waals surface area contributed by atoms with E-state index in [0.29, 0.717) is 10.8 Å². The van der Waals surface area contributed by atoms with Crippen LogP contribution in [0.15, 0.2) is 0 Å². The van der Waals surface area contributed by atoms with Gasteiger partial charge in [-0.2, -0.15) is 11.8 Å². The maximum Gasteiger partial charge on any atom is 0.0311 e. The molecule has 1 spiro atoms. The Hall–Kier alpha value is 0.310. The highest BCUT2D eigenvalue weighted by atomic mass is 32.2. The molecule has 0 radical (unpaired) electrons. The lowest BCUT2D eigenvalue weighted by Gasteiger charge is -2.26. The van der Waals surface area contributed by atoms with Gasteiger partial charge in [0.25, 0.3) is 0 Å². The van der Waals surface area contributed by atoms with Crippen LogP contribution in [0.1, 0.15) is 32.1 Å². The van der Waals surface area contributed by atoms with E-state index in [1.807, 2.05) is 0 Å². The van der Waals surface area contributed by atoms with E-state index in [1.54, 1.807) is 0 Å². The summed E-state index contributed by atoms with van der Waals surface area (Å²) in [5.74, 6) is 1.35. The molecule has 1 saturated heterocycles. The minimum atomic E-state index is 0.514. The van der Waals surface area contributed by atoms with Gasteiger partial charge in [-0.1, -0.05) is 6.42 Å². The van der Waals surface area contributed by atoms with Crippen molar-refractivity contribution in [2.75, 3.05) is 5.75 Å². The predicted octanol–water partition coefficient (Wildman–Crippen LogP) is 1.76. The quantitative estimate of drug-likeness (QED) is 0.580. The van der Waals surface area contributed by atoms with Crippen molar-refractivity contribution in [2.24, 2.45) is 5.73 Å². The Morgan fingerprint density at radius 2 is 2.10 bits per heavy atom. The molecule has 2 N–H and O–H groups in total. The van der Waals surface area contributed by atoms with Crippen LogP contribution >= 0.6 is 11.8 Å². The van der Waals surface area contributed by atoms with Crippen molar-refractivity contribution in [3.63, 3.8) is 0 Å². The Morgan fingerprint density at radius 1 is 1.30 bits per heavy atom. The minimum Gasteiger partial charge on any atom is -0.326 e. The maximum absolute atomic E-state index is 6.05. The molecule has 1 saturated carbocycles. The minimum absolute atomic E-state index is 0.514. The van der Waals surface area contributed by atoms with Crippen molar-refractivity contribution in [1.82, 2.24) is 0 Å². The Labute approximate surface area is 66.7 Å². The topological polar surface area (TPSA) is 26.0 Å². The lowest BCUT2D eigenvalue weighted by atomic mass is 9.98. The molecule has 0 aromatic heterocycles. The molecule has 10 heavy (non-hydrogen) atoms. The predicted molar refractivity (Wildman–Crippen MR) is 46.2 cm³/mol. The summed E-state index contributed by atoms with van der Waals surface area (Å²) in [6, 6.07) is 0.514. The van der Waals surface area contributed by atoms with Crippen molar-refractivity contribution < 1.29 is 0 Å². The summed E-state index contributed by atoms with van der Waals surface area (Å²) in [6.45, 7) is 0. The molecule has 2 rings (SSSR count). The zero-order valence-corrected chi connectivity index (χ0v) is 7.12. The van der Waals surface area contributed by atoms with E-state index in [-0.39, 0.29) is 0 Å². The normalized spacial score (nSPS) is 47.1. The molecule has 1 aliphatic heterocycles. The summed E-state index contributed by atoms with van der Waals surface area (Å²) in [7, 11) is 0. The lowest BCUT2D eigenvalue weighted by Crippen LogP contribution is -2.38. The van der Waals surface area contributed by atoms with Crippen LogP contribution in [0.25, 0.3) is 0 Å². The van der Waals surface area contributed by atoms with Gasteiger partial charge in [0.2, 0.25) is 0 Å². The molecular formula is C8H15NS. The highest BCUT2D eigenvalue weighted by Crippen LogP contribution is 2.48. The molecule has 2 unspecified atom stereocenters. The highest BCUT2D eigenvalue weighted by Gasteiger charge is 2.43. The SMILES string of the molecule is NC1CCCC12CCCS2. The van der Waals surface area contributed by atoms with Gasteiger partial charge in [-0.15, -0.1) is 0 Å². The van der Waals surface area contributed by atoms with Crippen LogP contribution in [-0.2, 0) is 0 Å². The van der Waals surface area contributed by atoms with E-state index in [0.717, 1.165) is 0 Å². The summed E-state index contributed by atoms with van der Waals surface area (Å²) in [4.78, 5) is 0. The smallest absolute Gasteiger partial charge is 0.0311 e. The maximum atomic E-state index is 6.05. The average molecular weight is 157 g/mol. The number of rotatable bonds is 0. The Morgan fingerprint density at radius 3 is 2.60 bits per heavy atom. The average Bonchev–Trinajstić information content (AvgIpc) is 2.48. The Bertz CT molecular complexity index is 124. The molecule has 0 aromatic rings. The summed E-state index contributed by atoms with van der Waals surface area (Å²) >= 11 is 2.14. The Kier molecular flexibility index (Phi) is 1.69. The van der Waals surface area contributed by atoms with Crippen LogP contribution in [0, 0.1) is 0 Å². The second-order valence-corrected chi connectivity index (χ2v) is 5.03. The fourth-order valence-electron chi connectivity index (χ4n) is 2.28. The van der Waals surface area contributed by atoms with Crippen molar-refractivity contribution in [2.45, 2.75) is 42.9 Å². The van der Waals surface area contributed by atoms with Crippen LogP contribution in [0.2, 0.25) is 0 Å². The second kappa shape index (κ2) is 2.42. The zero-order chi connectivity index (χ0) is 7.03. The molecular weight excluding hydrogens is 142 g/mol. The monoisotopic (exact) mass is 157 g/mol. The van der Waals surface area contributed by atoms with E-state index < -0.39 is 0 Å². The van der Waals surface area contributed by atoms with Crippen LogP contribution in [-0.4, -0.2) is 16.5 Å². The third kappa shape index (κ3) is 0.892. The number of hydrogen-bond donors (Lipinski definition) is 1. The molecule has 1 heterocycles.